The minimum Gasteiger partial charge on any atom is -0.493 e. The van der Waals surface area contributed by atoms with Crippen LogP contribution in [-0.2, 0) is 11.2 Å². The van der Waals surface area contributed by atoms with Gasteiger partial charge in [0.2, 0.25) is 0 Å². The summed E-state index contributed by atoms with van der Waals surface area (Å²) in [6, 6.07) is 8.07. The predicted molar refractivity (Wildman–Crippen MR) is 120 cm³/mol. The molecule has 2 heterocycles. The molecule has 164 valence electrons. The summed E-state index contributed by atoms with van der Waals surface area (Å²) in [5.74, 6) is 1.43. The van der Waals surface area contributed by atoms with Crippen molar-refractivity contribution in [3.05, 3.63) is 45.1 Å². The number of benzene rings is 1. The van der Waals surface area contributed by atoms with E-state index in [9.17, 15) is 4.79 Å². The van der Waals surface area contributed by atoms with Crippen LogP contribution in [0.2, 0.25) is 0 Å². The summed E-state index contributed by atoms with van der Waals surface area (Å²) >= 11 is 1.56. The van der Waals surface area contributed by atoms with E-state index in [1.54, 1.807) is 18.4 Å². The Hall–Kier alpha value is -2.09. The summed E-state index contributed by atoms with van der Waals surface area (Å²) < 4.78 is 16.7. The van der Waals surface area contributed by atoms with Crippen LogP contribution in [0.3, 0.4) is 0 Å². The van der Waals surface area contributed by atoms with E-state index in [0.717, 1.165) is 35.7 Å². The van der Waals surface area contributed by atoms with Crippen LogP contribution in [0.15, 0.2) is 24.3 Å². The molecule has 30 heavy (non-hydrogen) atoms. The lowest BCUT2D eigenvalue weighted by atomic mass is 10.0. The number of rotatable bonds is 9. The largest absolute Gasteiger partial charge is 0.493 e. The zero-order chi connectivity index (χ0) is 21.5. The third kappa shape index (κ3) is 5.33. The number of nitrogens with one attached hydrogen (secondary N) is 1. The Balaban J connectivity index is 1.79. The number of carbonyl (C=O) groups is 1. The van der Waals surface area contributed by atoms with Gasteiger partial charge in [-0.1, -0.05) is 13.0 Å². The van der Waals surface area contributed by atoms with Crippen LogP contribution in [0.25, 0.3) is 0 Å². The van der Waals surface area contributed by atoms with Gasteiger partial charge in [0.1, 0.15) is 0 Å². The molecule has 1 aliphatic heterocycles. The van der Waals surface area contributed by atoms with Crippen molar-refractivity contribution in [1.29, 1.82) is 0 Å². The number of methoxy groups -OCH3 is 1. The Morgan fingerprint density at radius 3 is 2.63 bits per heavy atom. The highest BCUT2D eigenvalue weighted by atomic mass is 32.1. The third-order valence-corrected chi connectivity index (χ3v) is 6.53. The Bertz CT molecular complexity index is 846. The fourth-order valence-electron chi connectivity index (χ4n) is 3.77. The fourth-order valence-corrected chi connectivity index (χ4v) is 4.80. The lowest BCUT2D eigenvalue weighted by Gasteiger charge is -2.35. The summed E-state index contributed by atoms with van der Waals surface area (Å²) in [4.78, 5) is 17.2. The third-order valence-electron chi connectivity index (χ3n) is 5.44. The summed E-state index contributed by atoms with van der Waals surface area (Å²) in [7, 11) is 1.65. The molecule has 2 aromatic rings. The van der Waals surface area contributed by atoms with Crippen molar-refractivity contribution in [3.63, 3.8) is 0 Å². The first-order valence-electron chi connectivity index (χ1n) is 10.6. The molecule has 1 aliphatic rings. The van der Waals surface area contributed by atoms with Crippen LogP contribution < -0.4 is 14.8 Å². The van der Waals surface area contributed by atoms with Gasteiger partial charge in [0.25, 0.3) is 5.91 Å². The second-order valence-corrected chi connectivity index (χ2v) is 8.52. The molecule has 3 rings (SSSR count). The average Bonchev–Trinajstić information content (AvgIpc) is 3.16. The molecule has 1 atom stereocenters. The van der Waals surface area contributed by atoms with Gasteiger partial charge in [-0.25, -0.2) is 0 Å². The number of carbonyl (C=O) groups excluding carboxylic acids is 1. The van der Waals surface area contributed by atoms with Gasteiger partial charge in [-0.15, -0.1) is 11.3 Å². The molecular formula is C23H32N2O4S. The highest BCUT2D eigenvalue weighted by Crippen LogP contribution is 2.32. The summed E-state index contributed by atoms with van der Waals surface area (Å²) in [5, 5.41) is 3.15. The number of ether oxygens (including phenoxy) is 3. The lowest BCUT2D eigenvalue weighted by molar-refractivity contribution is 0.0162. The maximum Gasteiger partial charge on any atom is 0.261 e. The standard InChI is InChI=1S/C23H32N2O4S/c1-5-17-14-22(30-16(17)3)23(26)24-15-19(25-9-11-28-12-10-25)18-7-8-20(29-6-2)21(13-18)27-4/h7-8,13-14,19H,5-6,9-12,15H2,1-4H3,(H,24,26). The van der Waals surface area contributed by atoms with E-state index in [0.29, 0.717) is 32.1 Å². The highest BCUT2D eigenvalue weighted by Gasteiger charge is 2.25. The predicted octanol–water partition coefficient (Wildman–Crippen LogP) is 3.83. The maximum atomic E-state index is 12.8. The van der Waals surface area contributed by atoms with Crippen molar-refractivity contribution in [2.75, 3.05) is 46.6 Å². The van der Waals surface area contributed by atoms with Crippen LogP contribution in [0, 0.1) is 6.92 Å². The first kappa shape index (κ1) is 22.6. The van der Waals surface area contributed by atoms with E-state index in [1.165, 1.54) is 10.4 Å². The number of aryl methyl sites for hydroxylation is 2. The first-order chi connectivity index (χ1) is 14.6. The highest BCUT2D eigenvalue weighted by molar-refractivity contribution is 7.14. The van der Waals surface area contributed by atoms with Gasteiger partial charge < -0.3 is 19.5 Å². The molecule has 1 saturated heterocycles. The van der Waals surface area contributed by atoms with Crippen LogP contribution in [-0.4, -0.2) is 57.4 Å². The number of amides is 1. The van der Waals surface area contributed by atoms with E-state index >= 15 is 0 Å². The zero-order valence-corrected chi connectivity index (χ0v) is 19.1. The number of morpholine rings is 1. The normalized spacial score (nSPS) is 15.6. The average molecular weight is 433 g/mol. The summed E-state index contributed by atoms with van der Waals surface area (Å²) in [5.41, 5.74) is 2.33. The molecule has 1 aromatic heterocycles. The summed E-state index contributed by atoms with van der Waals surface area (Å²) in [6.07, 6.45) is 0.942. The molecule has 0 spiro atoms. The van der Waals surface area contributed by atoms with Gasteiger partial charge in [0.05, 0.1) is 37.8 Å². The molecule has 0 bridgehead atoms. The fraction of sp³-hybridized carbons (Fsp3) is 0.522. The van der Waals surface area contributed by atoms with Crippen molar-refractivity contribution in [1.82, 2.24) is 10.2 Å². The minimum atomic E-state index is -0.0149. The second kappa shape index (κ2) is 10.8. The number of nitrogens with zero attached hydrogens (tertiary/aromatic N) is 1. The summed E-state index contributed by atoms with van der Waals surface area (Å²) in [6.45, 7) is 10.3. The van der Waals surface area contributed by atoms with Gasteiger partial charge in [0, 0.05) is 24.5 Å². The number of hydrogen-bond donors (Lipinski definition) is 1. The van der Waals surface area contributed by atoms with Gasteiger partial charge in [-0.2, -0.15) is 0 Å². The van der Waals surface area contributed by atoms with E-state index < -0.39 is 0 Å². The molecule has 1 amide bonds. The lowest BCUT2D eigenvalue weighted by Crippen LogP contribution is -2.43. The molecule has 1 N–H and O–H groups in total. The van der Waals surface area contributed by atoms with Crippen molar-refractivity contribution in [3.8, 4) is 11.5 Å². The SMILES string of the molecule is CCOc1ccc(C(CNC(=O)c2cc(CC)c(C)s2)N2CCOCC2)cc1OC. The van der Waals surface area contributed by atoms with E-state index in [4.69, 9.17) is 14.2 Å². The quantitative estimate of drug-likeness (QED) is 0.653. The van der Waals surface area contributed by atoms with E-state index in [2.05, 4.69) is 30.1 Å². The zero-order valence-electron chi connectivity index (χ0n) is 18.3. The monoisotopic (exact) mass is 432 g/mol. The van der Waals surface area contributed by atoms with Gasteiger partial charge >= 0.3 is 0 Å². The van der Waals surface area contributed by atoms with Crippen molar-refractivity contribution in [2.24, 2.45) is 0 Å². The van der Waals surface area contributed by atoms with Crippen molar-refractivity contribution >= 4 is 17.2 Å². The molecule has 1 aromatic carbocycles. The smallest absolute Gasteiger partial charge is 0.261 e. The Morgan fingerprint density at radius 1 is 1.23 bits per heavy atom. The van der Waals surface area contributed by atoms with E-state index in [1.807, 2.05) is 25.1 Å². The van der Waals surface area contributed by atoms with Gasteiger partial charge in [0.15, 0.2) is 11.5 Å². The Kier molecular flexibility index (Phi) is 8.13. The molecular weight excluding hydrogens is 400 g/mol. The number of thiophene rings is 1. The molecule has 1 fully saturated rings. The second-order valence-electron chi connectivity index (χ2n) is 7.26. The Labute approximate surface area is 183 Å². The van der Waals surface area contributed by atoms with Gasteiger partial charge in [-0.05, 0) is 49.6 Å². The van der Waals surface area contributed by atoms with Crippen LogP contribution in [0.1, 0.15) is 45.6 Å². The molecule has 6 nitrogen and oxygen atoms in total. The molecule has 0 radical (unpaired) electrons. The molecule has 1 unspecified atom stereocenters. The Morgan fingerprint density at radius 2 is 2.00 bits per heavy atom. The molecule has 0 aliphatic carbocycles. The van der Waals surface area contributed by atoms with Crippen molar-refractivity contribution in [2.45, 2.75) is 33.2 Å². The van der Waals surface area contributed by atoms with Crippen LogP contribution in [0.5, 0.6) is 11.5 Å². The molecule has 0 saturated carbocycles. The van der Waals surface area contributed by atoms with E-state index in [-0.39, 0.29) is 11.9 Å². The minimum absolute atomic E-state index is 0.0149. The van der Waals surface area contributed by atoms with Crippen molar-refractivity contribution < 1.29 is 19.0 Å². The van der Waals surface area contributed by atoms with Crippen LogP contribution >= 0.6 is 11.3 Å². The van der Waals surface area contributed by atoms with Gasteiger partial charge in [-0.3, -0.25) is 9.69 Å². The maximum absolute atomic E-state index is 12.8. The van der Waals surface area contributed by atoms with Crippen LogP contribution in [0.4, 0.5) is 0 Å². The first-order valence-corrected chi connectivity index (χ1v) is 11.4. The number of hydrogen-bond acceptors (Lipinski definition) is 6. The molecule has 7 heteroatoms. The topological polar surface area (TPSA) is 60.0 Å².